The lowest BCUT2D eigenvalue weighted by Crippen LogP contribution is -2.15. The minimum atomic E-state index is -2.98. The molecule has 0 unspecified atom stereocenters. The highest BCUT2D eigenvalue weighted by Crippen LogP contribution is 2.20. The zero-order valence-electron chi connectivity index (χ0n) is 5.53. The lowest BCUT2D eigenvalue weighted by atomic mass is 10.3. The zero-order valence-corrected chi connectivity index (χ0v) is 7.92. The summed E-state index contributed by atoms with van der Waals surface area (Å²) in [5, 5.41) is 1.70. The summed E-state index contributed by atoms with van der Waals surface area (Å²) in [5.41, 5.74) is 0. The molecule has 0 aromatic carbocycles. The second kappa shape index (κ2) is 3.19. The van der Waals surface area contributed by atoms with Crippen LogP contribution >= 0.6 is 23.8 Å². The summed E-state index contributed by atoms with van der Waals surface area (Å²) in [5.74, 6) is 0.00451. The van der Waals surface area contributed by atoms with Gasteiger partial charge in [-0.25, -0.2) is 13.4 Å². The first-order chi connectivity index (χ1) is 5.05. The number of halogens is 1. The van der Waals surface area contributed by atoms with Crippen LogP contribution in [0.4, 0.5) is 0 Å². The maximum absolute atomic E-state index is 10.9. The van der Waals surface area contributed by atoms with Crippen molar-refractivity contribution in [1.82, 2.24) is 0 Å². The number of aliphatic imine (C=N–C) groups is 1. The summed E-state index contributed by atoms with van der Waals surface area (Å²) < 4.78 is 21.8. The zero-order chi connectivity index (χ0) is 8.48. The molecule has 0 N–H and O–H groups in total. The van der Waals surface area contributed by atoms with Crippen molar-refractivity contribution >= 4 is 38.8 Å². The normalized spacial score (nSPS) is 34.6. The van der Waals surface area contributed by atoms with Crippen LogP contribution in [0, 0.1) is 0 Å². The fourth-order valence-electron chi connectivity index (χ4n) is 0.972. The predicted octanol–water partition coefficient (Wildman–Crippen LogP) is 0.494. The van der Waals surface area contributed by atoms with Crippen molar-refractivity contribution in [3.8, 4) is 0 Å². The molecule has 1 aliphatic heterocycles. The van der Waals surface area contributed by atoms with Crippen molar-refractivity contribution in [3.05, 3.63) is 0 Å². The van der Waals surface area contributed by atoms with Crippen LogP contribution in [-0.2, 0) is 9.84 Å². The first-order valence-corrected chi connectivity index (χ1v) is 5.63. The molecule has 0 radical (unpaired) electrons. The molecule has 11 heavy (non-hydrogen) atoms. The molecule has 0 aromatic heterocycles. The van der Waals surface area contributed by atoms with Crippen molar-refractivity contribution in [2.24, 2.45) is 4.99 Å². The standard InChI is InChI=1S/C5H6ClNO2S2/c6-4-1-11(8,9)2-5(4)7-3-10/h4-5H,1-2H2/t4-,5+/m0/s1. The van der Waals surface area contributed by atoms with Gasteiger partial charge in [-0.1, -0.05) is 0 Å². The van der Waals surface area contributed by atoms with Gasteiger partial charge >= 0.3 is 0 Å². The third-order valence-corrected chi connectivity index (χ3v) is 3.92. The third kappa shape index (κ3) is 2.24. The first-order valence-electron chi connectivity index (χ1n) is 2.96. The van der Waals surface area contributed by atoms with Gasteiger partial charge < -0.3 is 0 Å². The molecule has 0 spiro atoms. The van der Waals surface area contributed by atoms with E-state index >= 15 is 0 Å². The lowest BCUT2D eigenvalue weighted by molar-refractivity contribution is 0.601. The molecule has 3 nitrogen and oxygen atoms in total. The largest absolute Gasteiger partial charge is 0.229 e. The highest BCUT2D eigenvalue weighted by molar-refractivity contribution is 7.91. The van der Waals surface area contributed by atoms with Crippen molar-refractivity contribution < 1.29 is 8.42 Å². The van der Waals surface area contributed by atoms with Gasteiger partial charge in [0.1, 0.15) is 0 Å². The molecule has 2 atom stereocenters. The molecule has 0 bridgehead atoms. The van der Waals surface area contributed by atoms with Gasteiger partial charge in [0, 0.05) is 0 Å². The molecule has 1 rings (SSSR count). The number of rotatable bonds is 1. The van der Waals surface area contributed by atoms with Crippen molar-refractivity contribution in [2.75, 3.05) is 11.5 Å². The van der Waals surface area contributed by atoms with Crippen LogP contribution in [0.15, 0.2) is 4.99 Å². The van der Waals surface area contributed by atoms with Gasteiger partial charge in [0.2, 0.25) is 0 Å². The number of isothiocyanates is 1. The van der Waals surface area contributed by atoms with Crippen molar-refractivity contribution in [2.45, 2.75) is 11.4 Å². The van der Waals surface area contributed by atoms with Gasteiger partial charge in [0.25, 0.3) is 0 Å². The smallest absolute Gasteiger partial charge is 0.154 e. The van der Waals surface area contributed by atoms with Gasteiger partial charge in [-0.3, -0.25) is 0 Å². The van der Waals surface area contributed by atoms with E-state index in [-0.39, 0.29) is 17.5 Å². The maximum Gasteiger partial charge on any atom is 0.154 e. The van der Waals surface area contributed by atoms with Crippen LogP contribution in [0.25, 0.3) is 0 Å². The molecular formula is C5H6ClNO2S2. The van der Waals surface area contributed by atoms with E-state index in [9.17, 15) is 8.42 Å². The van der Waals surface area contributed by atoms with Crippen molar-refractivity contribution in [1.29, 1.82) is 0 Å². The van der Waals surface area contributed by atoms with E-state index in [4.69, 9.17) is 11.6 Å². The third-order valence-electron chi connectivity index (χ3n) is 1.47. The Hall–Kier alpha value is 0.0400. The second-order valence-corrected chi connectivity index (χ2v) is 5.28. The summed E-state index contributed by atoms with van der Waals surface area (Å²) in [6.45, 7) is 0. The van der Waals surface area contributed by atoms with E-state index < -0.39 is 15.2 Å². The van der Waals surface area contributed by atoms with Gasteiger partial charge in [-0.15, -0.1) is 11.6 Å². The van der Waals surface area contributed by atoms with Crippen LogP contribution in [0.2, 0.25) is 0 Å². The number of sulfone groups is 1. The Balaban J connectivity index is 2.82. The highest BCUT2D eigenvalue weighted by atomic mass is 35.5. The van der Waals surface area contributed by atoms with E-state index in [1.165, 1.54) is 0 Å². The molecule has 6 heteroatoms. The molecule has 1 heterocycles. The number of nitrogens with zero attached hydrogens (tertiary/aromatic N) is 1. The number of hydrogen-bond acceptors (Lipinski definition) is 4. The molecule has 0 amide bonds. The fraction of sp³-hybridized carbons (Fsp3) is 0.800. The Morgan fingerprint density at radius 2 is 2.18 bits per heavy atom. The van der Waals surface area contributed by atoms with E-state index in [0.29, 0.717) is 0 Å². The second-order valence-electron chi connectivity index (χ2n) is 2.38. The van der Waals surface area contributed by atoms with Crippen LogP contribution in [-0.4, -0.2) is 36.5 Å². The molecule has 62 valence electrons. The molecule has 1 aliphatic rings. The molecule has 1 saturated heterocycles. The van der Waals surface area contributed by atoms with Gasteiger partial charge in [-0.05, 0) is 12.2 Å². The summed E-state index contributed by atoms with van der Waals surface area (Å²) in [4.78, 5) is 3.65. The molecule has 0 aromatic rings. The number of hydrogen-bond donors (Lipinski definition) is 0. The minimum absolute atomic E-state index is 0.000262. The summed E-state index contributed by atoms with van der Waals surface area (Å²) in [6.07, 6.45) is 0. The average molecular weight is 212 g/mol. The fourth-order valence-corrected chi connectivity index (χ4v) is 3.61. The van der Waals surface area contributed by atoms with Gasteiger partial charge in [0.15, 0.2) is 9.84 Å². The monoisotopic (exact) mass is 211 g/mol. The quantitative estimate of drug-likeness (QED) is 0.360. The number of alkyl halides is 1. The Kier molecular flexibility index (Phi) is 2.65. The summed E-state index contributed by atoms with van der Waals surface area (Å²) in [7, 11) is -2.98. The average Bonchev–Trinajstić information content (AvgIpc) is 2.07. The molecular weight excluding hydrogens is 206 g/mol. The Morgan fingerprint density at radius 3 is 2.55 bits per heavy atom. The summed E-state index contributed by atoms with van der Waals surface area (Å²) >= 11 is 10.0. The van der Waals surface area contributed by atoms with Crippen LogP contribution < -0.4 is 0 Å². The Bertz CT molecular complexity index is 294. The van der Waals surface area contributed by atoms with Crippen molar-refractivity contribution in [3.63, 3.8) is 0 Å². The van der Waals surface area contributed by atoms with Crippen LogP contribution in [0.1, 0.15) is 0 Å². The Labute approximate surface area is 75.4 Å². The van der Waals surface area contributed by atoms with Crippen LogP contribution in [0.3, 0.4) is 0 Å². The molecule has 0 aliphatic carbocycles. The first kappa shape index (κ1) is 9.13. The highest BCUT2D eigenvalue weighted by Gasteiger charge is 2.36. The van der Waals surface area contributed by atoms with Gasteiger partial charge in [-0.2, -0.15) is 0 Å². The van der Waals surface area contributed by atoms with Gasteiger partial charge in [0.05, 0.1) is 28.1 Å². The van der Waals surface area contributed by atoms with Crippen LogP contribution in [0.5, 0.6) is 0 Å². The van der Waals surface area contributed by atoms with E-state index in [1.807, 2.05) is 0 Å². The molecule has 0 saturated carbocycles. The Morgan fingerprint density at radius 1 is 1.55 bits per heavy atom. The topological polar surface area (TPSA) is 46.5 Å². The van der Waals surface area contributed by atoms with E-state index in [0.717, 1.165) is 0 Å². The van der Waals surface area contributed by atoms with E-state index in [2.05, 4.69) is 22.4 Å². The lowest BCUT2D eigenvalue weighted by Gasteiger charge is -2.00. The minimum Gasteiger partial charge on any atom is -0.229 e. The maximum atomic E-state index is 10.9. The predicted molar refractivity (Wildman–Crippen MR) is 47.1 cm³/mol. The van der Waals surface area contributed by atoms with E-state index in [1.54, 1.807) is 0 Å². The SMILES string of the molecule is O=S1(=O)C[C@H](Cl)[C@H](N=C=S)C1. The summed E-state index contributed by atoms with van der Waals surface area (Å²) in [6, 6.07) is -0.390. The molecule has 1 fully saturated rings. The number of thiocarbonyl (C=S) groups is 1.